The van der Waals surface area contributed by atoms with E-state index in [2.05, 4.69) is 10.8 Å². The third-order valence-corrected chi connectivity index (χ3v) is 4.42. The molecule has 2 aromatic rings. The predicted molar refractivity (Wildman–Crippen MR) is 112 cm³/mol. The molecule has 154 valence electrons. The summed E-state index contributed by atoms with van der Waals surface area (Å²) in [6.45, 7) is 6.29. The molecule has 1 atom stereocenters. The minimum Gasteiger partial charge on any atom is -0.445 e. The molecule has 2 aromatic carbocycles. The lowest BCUT2D eigenvalue weighted by molar-refractivity contribution is -0.134. The number of nitrogens with one attached hydrogen (secondary N) is 2. The van der Waals surface area contributed by atoms with Crippen molar-refractivity contribution in [3.05, 3.63) is 82.9 Å². The zero-order valence-electron chi connectivity index (χ0n) is 17.1. The lowest BCUT2D eigenvalue weighted by Crippen LogP contribution is -2.48. The van der Waals surface area contributed by atoms with Crippen LogP contribution in [0, 0.1) is 0 Å². The first kappa shape index (κ1) is 22.2. The second-order valence-corrected chi connectivity index (χ2v) is 6.98. The number of hydrogen-bond donors (Lipinski definition) is 2. The Morgan fingerprint density at radius 1 is 0.897 bits per heavy atom. The highest BCUT2D eigenvalue weighted by Crippen LogP contribution is 2.06. The number of amides is 2. The molecule has 0 aliphatic carbocycles. The van der Waals surface area contributed by atoms with Crippen LogP contribution in [-0.4, -0.2) is 24.6 Å². The number of carbonyl (C=O) groups is 2. The molecular formula is C23H28N2O4. The van der Waals surface area contributed by atoms with Crippen molar-refractivity contribution < 1.29 is 19.2 Å². The molecule has 0 unspecified atom stereocenters. The lowest BCUT2D eigenvalue weighted by Gasteiger charge is -2.18. The number of alkyl carbamates (subject to hydrolysis) is 1. The number of benzene rings is 2. The molecule has 2 amide bonds. The Balaban J connectivity index is 1.95. The lowest BCUT2D eigenvalue weighted by atomic mass is 10.1. The molecule has 0 fully saturated rings. The van der Waals surface area contributed by atoms with Crippen LogP contribution in [0.4, 0.5) is 4.79 Å². The van der Waals surface area contributed by atoms with Crippen LogP contribution in [0.2, 0.25) is 0 Å². The molecule has 29 heavy (non-hydrogen) atoms. The number of hydrogen-bond acceptors (Lipinski definition) is 4. The molecule has 0 aliphatic rings. The van der Waals surface area contributed by atoms with Crippen LogP contribution in [0.25, 0.3) is 0 Å². The van der Waals surface area contributed by atoms with Crippen molar-refractivity contribution in [1.29, 1.82) is 0 Å². The molecule has 2 rings (SSSR count). The Hall–Kier alpha value is -3.12. The first-order chi connectivity index (χ1) is 14.0. The molecule has 0 radical (unpaired) electrons. The molecule has 0 heterocycles. The van der Waals surface area contributed by atoms with Gasteiger partial charge in [0.25, 0.3) is 5.91 Å². The maximum atomic E-state index is 12.6. The normalized spacial score (nSPS) is 11.3. The van der Waals surface area contributed by atoms with Gasteiger partial charge in [0, 0.05) is 6.42 Å². The molecule has 6 nitrogen and oxygen atoms in total. The van der Waals surface area contributed by atoms with E-state index >= 15 is 0 Å². The summed E-state index contributed by atoms with van der Waals surface area (Å²) in [5.74, 6) is -0.438. The minimum absolute atomic E-state index is 0.128. The first-order valence-electron chi connectivity index (χ1n) is 9.51. The Labute approximate surface area is 171 Å². The second kappa shape index (κ2) is 11.7. The van der Waals surface area contributed by atoms with Crippen molar-refractivity contribution in [2.24, 2.45) is 0 Å². The maximum absolute atomic E-state index is 12.6. The average molecular weight is 396 g/mol. The van der Waals surface area contributed by atoms with E-state index in [-0.39, 0.29) is 13.2 Å². The van der Waals surface area contributed by atoms with Gasteiger partial charge in [-0.05, 0) is 37.5 Å². The Bertz CT molecular complexity index is 815. The van der Waals surface area contributed by atoms with Gasteiger partial charge in [0.2, 0.25) is 0 Å². The van der Waals surface area contributed by atoms with Gasteiger partial charge >= 0.3 is 6.09 Å². The maximum Gasteiger partial charge on any atom is 0.408 e. The minimum atomic E-state index is -0.826. The zero-order chi connectivity index (χ0) is 21.1. The fraction of sp³-hybridized carbons (Fsp3) is 0.304. The van der Waals surface area contributed by atoms with Gasteiger partial charge in [-0.2, -0.15) is 0 Å². The van der Waals surface area contributed by atoms with E-state index in [9.17, 15) is 9.59 Å². The molecule has 0 saturated carbocycles. The smallest absolute Gasteiger partial charge is 0.408 e. The summed E-state index contributed by atoms with van der Waals surface area (Å²) in [5, 5.41) is 2.63. The van der Waals surface area contributed by atoms with Crippen molar-refractivity contribution in [2.75, 3.05) is 6.61 Å². The summed E-state index contributed by atoms with van der Waals surface area (Å²) < 4.78 is 5.24. The highest BCUT2D eigenvalue weighted by molar-refractivity contribution is 5.85. The Morgan fingerprint density at radius 2 is 1.48 bits per heavy atom. The molecule has 6 heteroatoms. The van der Waals surface area contributed by atoms with Crippen molar-refractivity contribution in [2.45, 2.75) is 39.8 Å². The van der Waals surface area contributed by atoms with Gasteiger partial charge in [0.05, 0.1) is 6.61 Å². The number of ether oxygens (including phenoxy) is 1. The van der Waals surface area contributed by atoms with Gasteiger partial charge in [0.15, 0.2) is 0 Å². The molecule has 0 bridgehead atoms. The first-order valence-corrected chi connectivity index (χ1v) is 9.51. The quantitative estimate of drug-likeness (QED) is 0.497. The monoisotopic (exact) mass is 396 g/mol. The molecule has 0 spiro atoms. The van der Waals surface area contributed by atoms with Crippen LogP contribution in [0.1, 0.15) is 31.9 Å². The van der Waals surface area contributed by atoms with E-state index in [0.717, 1.165) is 22.3 Å². The zero-order valence-corrected chi connectivity index (χ0v) is 17.1. The largest absolute Gasteiger partial charge is 0.445 e. The SMILES string of the molecule is CC(C)=C(C)CONC(=O)[C@H](Cc1ccccc1)NC(=O)OCc1ccccc1. The van der Waals surface area contributed by atoms with Gasteiger partial charge in [-0.3, -0.25) is 9.63 Å². The van der Waals surface area contributed by atoms with Crippen LogP contribution in [0.5, 0.6) is 0 Å². The van der Waals surface area contributed by atoms with Gasteiger partial charge in [0.1, 0.15) is 12.6 Å². The highest BCUT2D eigenvalue weighted by atomic mass is 16.7. The summed E-state index contributed by atoms with van der Waals surface area (Å²) in [4.78, 5) is 30.1. The molecule has 0 aromatic heterocycles. The summed E-state index contributed by atoms with van der Waals surface area (Å²) in [7, 11) is 0. The molecule has 0 aliphatic heterocycles. The van der Waals surface area contributed by atoms with E-state index < -0.39 is 18.0 Å². The van der Waals surface area contributed by atoms with Gasteiger partial charge in [-0.1, -0.05) is 66.2 Å². The van der Waals surface area contributed by atoms with Gasteiger partial charge in [-0.15, -0.1) is 0 Å². The fourth-order valence-electron chi connectivity index (χ4n) is 2.40. The molecule has 0 saturated heterocycles. The number of allylic oxidation sites excluding steroid dienone is 1. The van der Waals surface area contributed by atoms with Crippen molar-refractivity contribution in [1.82, 2.24) is 10.8 Å². The second-order valence-electron chi connectivity index (χ2n) is 6.98. The number of hydroxylamine groups is 1. The molecule has 2 N–H and O–H groups in total. The van der Waals surface area contributed by atoms with Crippen LogP contribution < -0.4 is 10.8 Å². The third-order valence-electron chi connectivity index (χ3n) is 4.42. The predicted octanol–water partition coefficient (Wildman–Crippen LogP) is 3.93. The summed E-state index contributed by atoms with van der Waals surface area (Å²) in [5.41, 5.74) is 6.36. The molecular weight excluding hydrogens is 368 g/mol. The summed E-state index contributed by atoms with van der Waals surface area (Å²) >= 11 is 0. The van der Waals surface area contributed by atoms with Crippen LogP contribution in [0.3, 0.4) is 0 Å². The van der Waals surface area contributed by atoms with Gasteiger partial charge < -0.3 is 10.1 Å². The van der Waals surface area contributed by atoms with E-state index in [1.54, 1.807) is 0 Å². The highest BCUT2D eigenvalue weighted by Gasteiger charge is 2.22. The summed E-state index contributed by atoms with van der Waals surface area (Å²) in [6, 6.07) is 18.0. The Kier molecular flexibility index (Phi) is 8.92. The number of rotatable bonds is 9. The average Bonchev–Trinajstić information content (AvgIpc) is 2.73. The van der Waals surface area contributed by atoms with Crippen LogP contribution >= 0.6 is 0 Å². The fourth-order valence-corrected chi connectivity index (χ4v) is 2.40. The Morgan fingerprint density at radius 3 is 2.07 bits per heavy atom. The van der Waals surface area contributed by atoms with Crippen LogP contribution in [-0.2, 0) is 27.4 Å². The van der Waals surface area contributed by atoms with E-state index in [1.165, 1.54) is 0 Å². The van der Waals surface area contributed by atoms with Crippen LogP contribution in [0.15, 0.2) is 71.8 Å². The van der Waals surface area contributed by atoms with Gasteiger partial charge in [-0.25, -0.2) is 10.3 Å². The summed E-state index contributed by atoms with van der Waals surface area (Å²) in [6.07, 6.45) is -0.344. The number of carbonyl (C=O) groups excluding carboxylic acids is 2. The van der Waals surface area contributed by atoms with E-state index in [0.29, 0.717) is 6.42 Å². The topological polar surface area (TPSA) is 76.7 Å². The van der Waals surface area contributed by atoms with Crippen molar-refractivity contribution in [3.8, 4) is 0 Å². The van der Waals surface area contributed by atoms with E-state index in [1.807, 2.05) is 81.4 Å². The van der Waals surface area contributed by atoms with Crippen molar-refractivity contribution >= 4 is 12.0 Å². The van der Waals surface area contributed by atoms with Crippen molar-refractivity contribution in [3.63, 3.8) is 0 Å². The van der Waals surface area contributed by atoms with E-state index in [4.69, 9.17) is 9.57 Å². The third kappa shape index (κ3) is 8.19. The standard InChI is InChI=1S/C23H28N2O4/c1-17(2)18(3)15-29-25-22(26)21(14-19-10-6-4-7-11-19)24-23(27)28-16-20-12-8-5-9-13-20/h4-13,21H,14-16H2,1-3H3,(H,24,27)(H,25,26)/t21-/m0/s1.